The summed E-state index contributed by atoms with van der Waals surface area (Å²) in [7, 11) is 0. The van der Waals surface area contributed by atoms with Crippen LogP contribution >= 0.6 is 0 Å². The summed E-state index contributed by atoms with van der Waals surface area (Å²) >= 11 is 0. The number of aliphatic hydroxyl groups is 2. The van der Waals surface area contributed by atoms with E-state index in [0.29, 0.717) is 5.56 Å². The van der Waals surface area contributed by atoms with Crippen molar-refractivity contribution in [3.63, 3.8) is 0 Å². The fourth-order valence-corrected chi connectivity index (χ4v) is 1.48. The van der Waals surface area contributed by atoms with Gasteiger partial charge in [0.05, 0.1) is 0 Å². The highest BCUT2D eigenvalue weighted by Gasteiger charge is 2.53. The minimum atomic E-state index is -3.37. The van der Waals surface area contributed by atoms with Crippen LogP contribution in [0.15, 0.2) is 30.3 Å². The number of carboxylic acids is 2. The number of hydrogen-bond acceptors (Lipinski definition) is 5. The summed E-state index contributed by atoms with van der Waals surface area (Å²) in [5.74, 6) is -5.41. The molecule has 0 aromatic heterocycles. The van der Waals surface area contributed by atoms with Gasteiger partial charge >= 0.3 is 11.9 Å². The van der Waals surface area contributed by atoms with E-state index in [9.17, 15) is 24.6 Å². The number of carbonyl (C=O) groups excluding carboxylic acids is 1. The number of aliphatic hydroxyl groups excluding tert-OH is 1. The Labute approximate surface area is 107 Å². The van der Waals surface area contributed by atoms with Crippen molar-refractivity contribution < 1.29 is 34.8 Å². The third-order valence-corrected chi connectivity index (χ3v) is 2.59. The van der Waals surface area contributed by atoms with E-state index in [4.69, 9.17) is 10.2 Å². The van der Waals surface area contributed by atoms with Crippen molar-refractivity contribution in [2.75, 3.05) is 0 Å². The second kappa shape index (κ2) is 5.59. The van der Waals surface area contributed by atoms with Crippen LogP contribution in [0.3, 0.4) is 0 Å². The van der Waals surface area contributed by atoms with Crippen LogP contribution in [0.2, 0.25) is 0 Å². The molecule has 2 atom stereocenters. The maximum absolute atomic E-state index is 11.8. The highest BCUT2D eigenvalue weighted by atomic mass is 16.4. The first kappa shape index (κ1) is 14.8. The SMILES string of the molecule is O=C(O)C(O)C(O)(C(=O)O)C(=O)Cc1ccccc1. The standard InChI is InChI=1S/C12H12O7/c13-8(6-7-4-2-1-3-5-7)12(19,11(17)18)9(14)10(15)16/h1-5,9,14,19H,6H2,(H,15,16)(H,17,18). The Morgan fingerprint density at radius 1 is 1.11 bits per heavy atom. The van der Waals surface area contributed by atoms with Gasteiger partial charge in [0.15, 0.2) is 11.9 Å². The van der Waals surface area contributed by atoms with Crippen LogP contribution in [-0.4, -0.2) is 49.9 Å². The molecule has 0 aliphatic rings. The molecule has 1 aromatic rings. The van der Waals surface area contributed by atoms with Crippen LogP contribution in [0.4, 0.5) is 0 Å². The van der Waals surface area contributed by atoms with Crippen LogP contribution in [-0.2, 0) is 20.8 Å². The monoisotopic (exact) mass is 268 g/mol. The van der Waals surface area contributed by atoms with E-state index in [2.05, 4.69) is 0 Å². The average Bonchev–Trinajstić information content (AvgIpc) is 2.37. The van der Waals surface area contributed by atoms with Gasteiger partial charge in [0.1, 0.15) is 0 Å². The second-order valence-corrected chi connectivity index (χ2v) is 3.90. The second-order valence-electron chi connectivity index (χ2n) is 3.90. The molecule has 2 unspecified atom stereocenters. The Morgan fingerprint density at radius 2 is 1.63 bits per heavy atom. The zero-order chi connectivity index (χ0) is 14.6. The molecule has 0 aliphatic carbocycles. The van der Waals surface area contributed by atoms with Gasteiger partial charge in [0, 0.05) is 6.42 Å². The van der Waals surface area contributed by atoms with E-state index < -0.39 is 35.8 Å². The van der Waals surface area contributed by atoms with Gasteiger partial charge in [-0.1, -0.05) is 30.3 Å². The van der Waals surface area contributed by atoms with Gasteiger partial charge < -0.3 is 20.4 Å². The van der Waals surface area contributed by atoms with Crippen molar-refractivity contribution in [1.82, 2.24) is 0 Å². The van der Waals surface area contributed by atoms with Crippen molar-refractivity contribution in [1.29, 1.82) is 0 Å². The van der Waals surface area contributed by atoms with Crippen LogP contribution in [0, 0.1) is 0 Å². The quantitative estimate of drug-likeness (QED) is 0.489. The van der Waals surface area contributed by atoms with Gasteiger partial charge in [-0.2, -0.15) is 0 Å². The van der Waals surface area contributed by atoms with Crippen molar-refractivity contribution in [2.24, 2.45) is 0 Å². The highest BCUT2D eigenvalue weighted by Crippen LogP contribution is 2.17. The zero-order valence-electron chi connectivity index (χ0n) is 9.68. The molecule has 0 heterocycles. The first-order valence-electron chi connectivity index (χ1n) is 5.24. The highest BCUT2D eigenvalue weighted by molar-refractivity contribution is 6.10. The lowest BCUT2D eigenvalue weighted by Gasteiger charge is -2.24. The normalized spacial score (nSPS) is 15.3. The Balaban J connectivity index is 3.04. The molecule has 7 heteroatoms. The van der Waals surface area contributed by atoms with E-state index in [1.807, 2.05) is 0 Å². The molecule has 102 valence electrons. The summed E-state index contributed by atoms with van der Waals surface area (Å²) in [5.41, 5.74) is -2.98. The van der Waals surface area contributed by atoms with Gasteiger partial charge in [-0.3, -0.25) is 4.79 Å². The average molecular weight is 268 g/mol. The molecule has 1 aromatic carbocycles. The largest absolute Gasteiger partial charge is 0.479 e. The Hall–Kier alpha value is -2.25. The molecule has 19 heavy (non-hydrogen) atoms. The molecule has 0 spiro atoms. The molecule has 7 nitrogen and oxygen atoms in total. The minimum absolute atomic E-state index is 0.393. The topological polar surface area (TPSA) is 132 Å². The predicted octanol–water partition coefficient (Wildman–Crippen LogP) is -0.941. The summed E-state index contributed by atoms with van der Waals surface area (Å²) in [6.07, 6.45) is -3.24. The fraction of sp³-hybridized carbons (Fsp3) is 0.250. The minimum Gasteiger partial charge on any atom is -0.479 e. The van der Waals surface area contributed by atoms with Gasteiger partial charge in [-0.25, -0.2) is 9.59 Å². The smallest absolute Gasteiger partial charge is 0.347 e. The van der Waals surface area contributed by atoms with Crippen LogP contribution in [0.1, 0.15) is 5.56 Å². The number of aliphatic carboxylic acids is 2. The van der Waals surface area contributed by atoms with Crippen molar-refractivity contribution >= 4 is 17.7 Å². The third kappa shape index (κ3) is 2.95. The zero-order valence-corrected chi connectivity index (χ0v) is 9.68. The van der Waals surface area contributed by atoms with Gasteiger partial charge in [0.2, 0.25) is 0 Å². The summed E-state index contributed by atoms with van der Waals surface area (Å²) in [4.78, 5) is 33.3. The van der Waals surface area contributed by atoms with Gasteiger partial charge in [0.25, 0.3) is 5.60 Å². The summed E-state index contributed by atoms with van der Waals surface area (Å²) in [6, 6.07) is 7.87. The van der Waals surface area contributed by atoms with Crippen molar-refractivity contribution in [3.8, 4) is 0 Å². The maximum Gasteiger partial charge on any atom is 0.347 e. The number of hydrogen-bond donors (Lipinski definition) is 4. The lowest BCUT2D eigenvalue weighted by atomic mass is 9.88. The van der Waals surface area contributed by atoms with Crippen molar-refractivity contribution in [2.45, 2.75) is 18.1 Å². The Bertz CT molecular complexity index is 496. The fourth-order valence-electron chi connectivity index (χ4n) is 1.48. The van der Waals surface area contributed by atoms with E-state index >= 15 is 0 Å². The molecular formula is C12H12O7. The van der Waals surface area contributed by atoms with Crippen molar-refractivity contribution in [3.05, 3.63) is 35.9 Å². The summed E-state index contributed by atoms with van der Waals surface area (Å²) in [6.45, 7) is 0. The number of benzene rings is 1. The first-order valence-corrected chi connectivity index (χ1v) is 5.24. The van der Waals surface area contributed by atoms with E-state index in [1.165, 1.54) is 12.1 Å². The van der Waals surface area contributed by atoms with Crippen LogP contribution < -0.4 is 0 Å². The molecule has 4 N–H and O–H groups in total. The van der Waals surface area contributed by atoms with E-state index in [-0.39, 0.29) is 0 Å². The molecule has 0 bridgehead atoms. The lowest BCUT2D eigenvalue weighted by Crippen LogP contribution is -2.59. The maximum atomic E-state index is 11.8. The summed E-state index contributed by atoms with van der Waals surface area (Å²) in [5, 5.41) is 36.3. The number of rotatable bonds is 6. The number of carboxylic acid groups (broad SMARTS) is 2. The molecule has 1 rings (SSSR count). The molecular weight excluding hydrogens is 256 g/mol. The molecule has 0 saturated heterocycles. The number of Topliss-reactive ketones (excluding diaryl/α,β-unsaturated/α-hetero) is 1. The predicted molar refractivity (Wildman–Crippen MR) is 61.4 cm³/mol. The van der Waals surface area contributed by atoms with Crippen LogP contribution in [0.5, 0.6) is 0 Å². The Kier molecular flexibility index (Phi) is 4.36. The van der Waals surface area contributed by atoms with Gasteiger partial charge in [-0.05, 0) is 5.56 Å². The Morgan fingerprint density at radius 3 is 2.05 bits per heavy atom. The molecule has 0 amide bonds. The molecule has 0 saturated carbocycles. The van der Waals surface area contributed by atoms with Crippen LogP contribution in [0.25, 0.3) is 0 Å². The summed E-state index contributed by atoms with van der Waals surface area (Å²) < 4.78 is 0. The molecule has 0 fully saturated rings. The number of carbonyl (C=O) groups is 3. The molecule has 0 aliphatic heterocycles. The molecule has 0 radical (unpaired) electrons. The van der Waals surface area contributed by atoms with Gasteiger partial charge in [-0.15, -0.1) is 0 Å². The first-order chi connectivity index (χ1) is 8.80. The van der Waals surface area contributed by atoms with E-state index in [0.717, 1.165) is 0 Å². The number of ketones is 1. The lowest BCUT2D eigenvalue weighted by molar-refractivity contribution is -0.186. The van der Waals surface area contributed by atoms with E-state index in [1.54, 1.807) is 18.2 Å². The third-order valence-electron chi connectivity index (χ3n) is 2.59.